The van der Waals surface area contributed by atoms with Crippen molar-refractivity contribution in [2.75, 3.05) is 6.54 Å². The van der Waals surface area contributed by atoms with Crippen LogP contribution in [0.5, 0.6) is 5.75 Å². The Bertz CT molecular complexity index is 671. The molecule has 1 fully saturated rings. The van der Waals surface area contributed by atoms with E-state index < -0.39 is 0 Å². The van der Waals surface area contributed by atoms with E-state index in [-0.39, 0.29) is 22.8 Å². The smallest absolute Gasteiger partial charge is 0.172 e. The quantitative estimate of drug-likeness (QED) is 0.802. The molecule has 0 spiro atoms. The summed E-state index contributed by atoms with van der Waals surface area (Å²) < 4.78 is 0. The molecule has 0 saturated carbocycles. The highest BCUT2D eigenvalue weighted by Crippen LogP contribution is 2.46. The number of carbonyl (C=O) groups excluding carboxylic acids is 1. The average Bonchev–Trinajstić information content (AvgIpc) is 2.77. The summed E-state index contributed by atoms with van der Waals surface area (Å²) in [6.07, 6.45) is 1.86. The van der Waals surface area contributed by atoms with Crippen molar-refractivity contribution in [3.63, 3.8) is 0 Å². The van der Waals surface area contributed by atoms with E-state index in [1.54, 1.807) is 23.9 Å². The summed E-state index contributed by atoms with van der Waals surface area (Å²) in [5.74, 6) is -0.0617. The number of Topliss-reactive ketones (excluding diaryl/α,β-unsaturated/α-hetero) is 1. The number of benzene rings is 1. The van der Waals surface area contributed by atoms with Gasteiger partial charge in [-0.15, -0.1) is 11.8 Å². The molecule has 2 unspecified atom stereocenters. The van der Waals surface area contributed by atoms with Crippen LogP contribution in [0.2, 0.25) is 5.02 Å². The Balaban J connectivity index is 1.91. The Morgan fingerprint density at radius 1 is 1.36 bits per heavy atom. The zero-order chi connectivity index (χ0) is 16.0. The fourth-order valence-corrected chi connectivity index (χ4v) is 4.89. The third-order valence-corrected chi connectivity index (χ3v) is 6.56. The van der Waals surface area contributed by atoms with Gasteiger partial charge in [0, 0.05) is 22.2 Å². The predicted molar refractivity (Wildman–Crippen MR) is 91.4 cm³/mol. The number of piperidine rings is 1. The van der Waals surface area contributed by atoms with Gasteiger partial charge in [0.2, 0.25) is 0 Å². The number of rotatable bonds is 2. The first kappa shape index (κ1) is 15.8. The fraction of sp³-hybridized carbons (Fsp3) is 0.471. The predicted octanol–water partition coefficient (Wildman–Crippen LogP) is 4.57. The lowest BCUT2D eigenvalue weighted by atomic mass is 9.88. The summed E-state index contributed by atoms with van der Waals surface area (Å²) in [6, 6.07) is 3.19. The third-order valence-electron chi connectivity index (χ3n) is 4.68. The minimum Gasteiger partial charge on any atom is -0.507 e. The van der Waals surface area contributed by atoms with Crippen LogP contribution < -0.4 is 0 Å². The summed E-state index contributed by atoms with van der Waals surface area (Å²) in [7, 11) is 0. The molecule has 3 rings (SSSR count). The Morgan fingerprint density at radius 3 is 2.82 bits per heavy atom. The van der Waals surface area contributed by atoms with Gasteiger partial charge in [0.15, 0.2) is 5.78 Å². The van der Waals surface area contributed by atoms with E-state index in [2.05, 4.69) is 18.7 Å². The molecule has 2 atom stereocenters. The lowest BCUT2D eigenvalue weighted by Crippen LogP contribution is -2.42. The number of aryl methyl sites for hydroxylation is 1. The van der Waals surface area contributed by atoms with Gasteiger partial charge in [-0.25, -0.2) is 0 Å². The van der Waals surface area contributed by atoms with E-state index in [1.807, 2.05) is 6.92 Å². The first-order valence-electron chi connectivity index (χ1n) is 7.54. The molecule has 3 nitrogen and oxygen atoms in total. The van der Waals surface area contributed by atoms with E-state index in [4.69, 9.17) is 11.6 Å². The van der Waals surface area contributed by atoms with Crippen LogP contribution in [0.15, 0.2) is 22.7 Å². The largest absolute Gasteiger partial charge is 0.507 e. The molecule has 0 radical (unpaired) electrons. The van der Waals surface area contributed by atoms with E-state index >= 15 is 0 Å². The maximum atomic E-state index is 13.0. The lowest BCUT2D eigenvalue weighted by molar-refractivity contribution is 0.0825. The number of nitrogens with zero attached hydrogens (tertiary/aromatic N) is 1. The van der Waals surface area contributed by atoms with Crippen LogP contribution in [0.25, 0.3) is 0 Å². The number of ketones is 1. The van der Waals surface area contributed by atoms with Crippen molar-refractivity contribution in [2.45, 2.75) is 39.0 Å². The lowest BCUT2D eigenvalue weighted by Gasteiger charge is -2.37. The zero-order valence-corrected chi connectivity index (χ0v) is 14.6. The summed E-state index contributed by atoms with van der Waals surface area (Å²) in [5.41, 5.74) is 2.41. The number of hydrogen-bond donors (Lipinski definition) is 1. The van der Waals surface area contributed by atoms with E-state index in [9.17, 15) is 9.90 Å². The Morgan fingerprint density at radius 2 is 2.09 bits per heavy atom. The van der Waals surface area contributed by atoms with Gasteiger partial charge >= 0.3 is 0 Å². The first-order chi connectivity index (χ1) is 10.4. The van der Waals surface area contributed by atoms with Gasteiger partial charge in [0.1, 0.15) is 5.75 Å². The van der Waals surface area contributed by atoms with Crippen LogP contribution in [0.4, 0.5) is 0 Å². The summed E-state index contributed by atoms with van der Waals surface area (Å²) in [4.78, 5) is 16.6. The van der Waals surface area contributed by atoms with Gasteiger partial charge in [0.05, 0.1) is 16.9 Å². The molecule has 1 aromatic carbocycles. The normalized spacial score (nSPS) is 24.6. The molecular formula is C17H20ClNO2S. The Labute approximate surface area is 140 Å². The Hall–Kier alpha value is -1.13. The molecule has 5 heteroatoms. The number of allylic oxidation sites excluding steroid dienone is 2. The van der Waals surface area contributed by atoms with E-state index in [0.717, 1.165) is 24.9 Å². The monoisotopic (exact) mass is 337 g/mol. The molecule has 0 amide bonds. The average molecular weight is 338 g/mol. The highest BCUT2D eigenvalue weighted by atomic mass is 35.5. The third kappa shape index (κ3) is 2.52. The van der Waals surface area contributed by atoms with Crippen LogP contribution in [0.1, 0.15) is 42.6 Å². The number of fused-ring (bicyclic) bond motifs is 1. The molecule has 2 aliphatic rings. The summed E-state index contributed by atoms with van der Waals surface area (Å²) in [5, 5.41) is 10.8. The second-order valence-electron chi connectivity index (χ2n) is 6.07. The van der Waals surface area contributed by atoms with Crippen LogP contribution in [-0.4, -0.2) is 27.7 Å². The first-order valence-corrected chi connectivity index (χ1v) is 8.80. The van der Waals surface area contributed by atoms with E-state index in [1.165, 1.54) is 10.6 Å². The standard InChI is InChI=1S/C17H20ClNO2S/c1-9-7-15(20)13(8-14(9)18)16(21)12-5-4-6-19-10(2)11(3)22-17(12)19/h7-8,12,17,20H,4-6H2,1-3H3. The van der Waals surface area contributed by atoms with Gasteiger partial charge in [-0.1, -0.05) is 11.6 Å². The maximum Gasteiger partial charge on any atom is 0.172 e. The molecule has 2 heterocycles. The molecule has 0 bridgehead atoms. The SMILES string of the molecule is CC1=C(C)N2CCCC(C(=O)c3cc(Cl)c(C)cc3O)C2S1. The molecular weight excluding hydrogens is 318 g/mol. The molecule has 1 N–H and O–H groups in total. The second-order valence-corrected chi connectivity index (χ2v) is 7.81. The van der Waals surface area contributed by atoms with Gasteiger partial charge in [-0.2, -0.15) is 0 Å². The van der Waals surface area contributed by atoms with Crippen molar-refractivity contribution in [1.29, 1.82) is 0 Å². The molecule has 0 aromatic heterocycles. The highest BCUT2D eigenvalue weighted by molar-refractivity contribution is 8.03. The highest BCUT2D eigenvalue weighted by Gasteiger charge is 2.41. The van der Waals surface area contributed by atoms with Crippen molar-refractivity contribution in [2.24, 2.45) is 5.92 Å². The molecule has 22 heavy (non-hydrogen) atoms. The molecule has 1 saturated heterocycles. The minimum atomic E-state index is -0.101. The topological polar surface area (TPSA) is 40.5 Å². The van der Waals surface area contributed by atoms with Gasteiger partial charge < -0.3 is 10.0 Å². The number of phenols is 1. The number of carbonyl (C=O) groups is 1. The Kier molecular flexibility index (Phi) is 4.17. The molecule has 1 aromatic rings. The zero-order valence-electron chi connectivity index (χ0n) is 13.0. The molecule has 2 aliphatic heterocycles. The van der Waals surface area contributed by atoms with E-state index in [0.29, 0.717) is 10.6 Å². The summed E-state index contributed by atoms with van der Waals surface area (Å²) in [6.45, 7) is 7.06. The number of thioether (sulfide) groups is 1. The number of hydrogen-bond acceptors (Lipinski definition) is 4. The van der Waals surface area contributed by atoms with Crippen molar-refractivity contribution in [3.8, 4) is 5.75 Å². The van der Waals surface area contributed by atoms with Crippen LogP contribution in [-0.2, 0) is 0 Å². The second kappa shape index (κ2) is 5.82. The minimum absolute atomic E-state index is 0.00380. The van der Waals surface area contributed by atoms with Gasteiger partial charge in [-0.3, -0.25) is 4.79 Å². The number of aromatic hydroxyl groups is 1. The molecule has 118 valence electrons. The van der Waals surface area contributed by atoms with Crippen LogP contribution in [0, 0.1) is 12.8 Å². The number of halogens is 1. The maximum absolute atomic E-state index is 13.0. The van der Waals surface area contributed by atoms with Crippen LogP contribution >= 0.6 is 23.4 Å². The summed E-state index contributed by atoms with van der Waals surface area (Å²) >= 11 is 7.91. The van der Waals surface area contributed by atoms with Crippen molar-refractivity contribution >= 4 is 29.1 Å². The van der Waals surface area contributed by atoms with Crippen molar-refractivity contribution in [1.82, 2.24) is 4.90 Å². The fourth-order valence-electron chi connectivity index (χ4n) is 3.27. The van der Waals surface area contributed by atoms with Crippen LogP contribution in [0.3, 0.4) is 0 Å². The van der Waals surface area contributed by atoms with Crippen molar-refractivity contribution in [3.05, 3.63) is 38.9 Å². The van der Waals surface area contributed by atoms with Gasteiger partial charge in [0.25, 0.3) is 0 Å². The van der Waals surface area contributed by atoms with Crippen molar-refractivity contribution < 1.29 is 9.90 Å². The molecule has 0 aliphatic carbocycles. The number of phenolic OH excluding ortho intramolecular Hbond substituents is 1. The van der Waals surface area contributed by atoms with Gasteiger partial charge in [-0.05, 0) is 51.3 Å².